The average Bonchev–Trinajstić information content (AvgIpc) is 2.98. The molecule has 0 saturated carbocycles. The molecule has 0 aromatic heterocycles. The zero-order valence-corrected chi connectivity index (χ0v) is 23.4. The second-order valence-corrected chi connectivity index (χ2v) is 9.72. The van der Waals surface area contributed by atoms with Crippen molar-refractivity contribution in [1.29, 1.82) is 0 Å². The first kappa shape index (κ1) is 28.7. The quantitative estimate of drug-likeness (QED) is 0.158. The van der Waals surface area contributed by atoms with Gasteiger partial charge in [0.2, 0.25) is 0 Å². The molecule has 0 bridgehead atoms. The van der Waals surface area contributed by atoms with Gasteiger partial charge in [-0.1, -0.05) is 88.1 Å². The van der Waals surface area contributed by atoms with Gasteiger partial charge in [0.05, 0.1) is 24.3 Å². The molecule has 0 heterocycles. The number of rotatable bonds is 14. The fraction of sp³-hybridized carbons (Fsp3) is 0.294. The fourth-order valence-electron chi connectivity index (χ4n) is 4.54. The summed E-state index contributed by atoms with van der Waals surface area (Å²) >= 11 is 0. The Bertz CT molecular complexity index is 1320. The van der Waals surface area contributed by atoms with Gasteiger partial charge in [-0.15, -0.1) is 0 Å². The summed E-state index contributed by atoms with van der Waals surface area (Å²) in [6.07, 6.45) is 6.27. The van der Waals surface area contributed by atoms with Crippen molar-refractivity contribution >= 4 is 34.0 Å². The molecule has 6 nitrogen and oxygen atoms in total. The number of para-hydroxylation sites is 2. The Kier molecular flexibility index (Phi) is 10.6. The van der Waals surface area contributed by atoms with Crippen molar-refractivity contribution in [2.45, 2.75) is 52.4 Å². The topological polar surface area (TPSA) is 76.7 Å². The van der Waals surface area contributed by atoms with E-state index < -0.39 is 0 Å². The third-order valence-electron chi connectivity index (χ3n) is 6.69. The van der Waals surface area contributed by atoms with Gasteiger partial charge in [-0.2, -0.15) is 0 Å². The van der Waals surface area contributed by atoms with Crippen LogP contribution in [0, 0.1) is 0 Å². The maximum absolute atomic E-state index is 13.3. The van der Waals surface area contributed by atoms with E-state index in [9.17, 15) is 9.59 Å². The molecule has 0 radical (unpaired) electrons. The maximum atomic E-state index is 13.3. The Balaban J connectivity index is 1.52. The number of hydrogen-bond donors (Lipinski definition) is 2. The van der Waals surface area contributed by atoms with Gasteiger partial charge in [0.25, 0.3) is 11.8 Å². The molecule has 4 aromatic rings. The van der Waals surface area contributed by atoms with Gasteiger partial charge >= 0.3 is 0 Å². The summed E-state index contributed by atoms with van der Waals surface area (Å²) < 4.78 is 11.8. The molecule has 0 saturated heterocycles. The van der Waals surface area contributed by atoms with Crippen molar-refractivity contribution in [3.05, 3.63) is 96.1 Å². The molecule has 4 aromatic carbocycles. The molecule has 208 valence electrons. The van der Waals surface area contributed by atoms with E-state index in [1.807, 2.05) is 72.8 Å². The Morgan fingerprint density at radius 1 is 0.550 bits per heavy atom. The monoisotopic (exact) mass is 538 g/mol. The van der Waals surface area contributed by atoms with E-state index in [1.165, 1.54) is 0 Å². The van der Waals surface area contributed by atoms with Gasteiger partial charge in [-0.3, -0.25) is 9.59 Å². The molecule has 0 aliphatic heterocycles. The van der Waals surface area contributed by atoms with Gasteiger partial charge in [-0.25, -0.2) is 0 Å². The number of unbranched alkanes of at least 4 members (excludes halogenated alkanes) is 4. The van der Waals surface area contributed by atoms with Crippen LogP contribution in [-0.2, 0) is 0 Å². The SMILES string of the molecule is CCCCCOc1ccccc1C(=O)Nc1cccc2c(NC(=O)c3ccccc3OCCCCC)cccc12. The standard InChI is InChI=1S/C34H38N2O4/c1-3-5-11-23-39-31-21-9-7-15-27(31)33(37)35-29-19-13-18-26-25(29)17-14-20-30(26)36-34(38)28-16-8-10-22-32(28)40-24-12-6-4-2/h7-10,13-22H,3-6,11-12,23-24H2,1-2H3,(H,35,37)(H,36,38). The third-order valence-corrected chi connectivity index (χ3v) is 6.69. The van der Waals surface area contributed by atoms with Gasteiger partial charge in [-0.05, 0) is 49.2 Å². The van der Waals surface area contributed by atoms with Crippen LogP contribution in [0.15, 0.2) is 84.9 Å². The number of nitrogens with one attached hydrogen (secondary N) is 2. The van der Waals surface area contributed by atoms with Crippen LogP contribution in [0.4, 0.5) is 11.4 Å². The molecule has 6 heteroatoms. The Morgan fingerprint density at radius 3 is 1.40 bits per heavy atom. The number of carbonyl (C=O) groups is 2. The number of ether oxygens (including phenoxy) is 2. The van der Waals surface area contributed by atoms with E-state index in [4.69, 9.17) is 9.47 Å². The first-order valence-corrected chi connectivity index (χ1v) is 14.2. The van der Waals surface area contributed by atoms with Gasteiger partial charge in [0.15, 0.2) is 0 Å². The lowest BCUT2D eigenvalue weighted by molar-refractivity contribution is 0.101. The predicted octanol–water partition coefficient (Wildman–Crippen LogP) is 8.48. The molecule has 0 atom stereocenters. The highest BCUT2D eigenvalue weighted by Gasteiger charge is 2.16. The second kappa shape index (κ2) is 14.7. The zero-order chi connectivity index (χ0) is 28.2. The van der Waals surface area contributed by atoms with E-state index >= 15 is 0 Å². The van der Waals surface area contributed by atoms with Crippen LogP contribution in [0.5, 0.6) is 11.5 Å². The highest BCUT2D eigenvalue weighted by molar-refractivity contribution is 6.15. The number of hydrogen-bond acceptors (Lipinski definition) is 4. The molecule has 2 amide bonds. The smallest absolute Gasteiger partial charge is 0.259 e. The first-order valence-electron chi connectivity index (χ1n) is 14.2. The maximum Gasteiger partial charge on any atom is 0.259 e. The number of benzene rings is 4. The predicted molar refractivity (Wildman–Crippen MR) is 163 cm³/mol. The normalized spacial score (nSPS) is 10.8. The first-order chi connectivity index (χ1) is 19.6. The van der Waals surface area contributed by atoms with E-state index in [0.717, 1.165) is 49.3 Å². The molecule has 0 unspecified atom stereocenters. The lowest BCUT2D eigenvalue weighted by Crippen LogP contribution is -2.15. The minimum atomic E-state index is -0.248. The van der Waals surface area contributed by atoms with Crippen LogP contribution in [0.2, 0.25) is 0 Å². The van der Waals surface area contributed by atoms with Crippen LogP contribution in [-0.4, -0.2) is 25.0 Å². The van der Waals surface area contributed by atoms with E-state index in [2.05, 4.69) is 24.5 Å². The summed E-state index contributed by atoms with van der Waals surface area (Å²) in [4.78, 5) is 26.6. The Morgan fingerprint density at radius 2 is 0.975 bits per heavy atom. The summed E-state index contributed by atoms with van der Waals surface area (Å²) in [5.41, 5.74) is 2.27. The molecule has 0 fully saturated rings. The van der Waals surface area contributed by atoms with Crippen LogP contribution < -0.4 is 20.1 Å². The van der Waals surface area contributed by atoms with Crippen molar-refractivity contribution in [1.82, 2.24) is 0 Å². The third kappa shape index (κ3) is 7.41. The molecule has 0 spiro atoms. The number of amides is 2. The highest BCUT2D eigenvalue weighted by Crippen LogP contribution is 2.31. The minimum absolute atomic E-state index is 0.248. The van der Waals surface area contributed by atoms with Crippen LogP contribution in [0.25, 0.3) is 10.8 Å². The molecule has 40 heavy (non-hydrogen) atoms. The summed E-state index contributed by atoms with van der Waals surface area (Å²) in [6.45, 7) is 5.43. The number of fused-ring (bicyclic) bond motifs is 1. The zero-order valence-electron chi connectivity index (χ0n) is 23.4. The number of carbonyl (C=O) groups excluding carboxylic acids is 2. The molecule has 4 rings (SSSR count). The highest BCUT2D eigenvalue weighted by atomic mass is 16.5. The fourth-order valence-corrected chi connectivity index (χ4v) is 4.54. The van der Waals surface area contributed by atoms with Crippen LogP contribution >= 0.6 is 0 Å². The van der Waals surface area contributed by atoms with Crippen molar-refractivity contribution in [3.63, 3.8) is 0 Å². The Hall–Kier alpha value is -4.32. The largest absolute Gasteiger partial charge is 0.493 e. The summed E-state index contributed by atoms with van der Waals surface area (Å²) in [5, 5.41) is 7.73. The summed E-state index contributed by atoms with van der Waals surface area (Å²) in [5.74, 6) is 0.643. The lowest BCUT2D eigenvalue weighted by atomic mass is 10.1. The van der Waals surface area contributed by atoms with E-state index in [0.29, 0.717) is 47.2 Å². The average molecular weight is 539 g/mol. The molecule has 2 N–H and O–H groups in total. The van der Waals surface area contributed by atoms with Gasteiger partial charge in [0, 0.05) is 22.1 Å². The second-order valence-electron chi connectivity index (χ2n) is 9.72. The van der Waals surface area contributed by atoms with Crippen molar-refractivity contribution in [2.75, 3.05) is 23.8 Å². The van der Waals surface area contributed by atoms with Crippen LogP contribution in [0.3, 0.4) is 0 Å². The molecular formula is C34H38N2O4. The molecule has 0 aliphatic rings. The minimum Gasteiger partial charge on any atom is -0.493 e. The van der Waals surface area contributed by atoms with Gasteiger partial charge < -0.3 is 20.1 Å². The van der Waals surface area contributed by atoms with Crippen molar-refractivity contribution in [3.8, 4) is 11.5 Å². The van der Waals surface area contributed by atoms with E-state index in [-0.39, 0.29) is 11.8 Å². The van der Waals surface area contributed by atoms with Crippen molar-refractivity contribution in [2.24, 2.45) is 0 Å². The summed E-state index contributed by atoms with van der Waals surface area (Å²) in [7, 11) is 0. The molecular weight excluding hydrogens is 500 g/mol. The number of anilines is 2. The van der Waals surface area contributed by atoms with E-state index in [1.54, 1.807) is 12.1 Å². The summed E-state index contributed by atoms with van der Waals surface area (Å²) in [6, 6.07) is 25.9. The lowest BCUT2D eigenvalue weighted by Gasteiger charge is -2.15. The molecule has 0 aliphatic carbocycles. The van der Waals surface area contributed by atoms with Crippen molar-refractivity contribution < 1.29 is 19.1 Å². The van der Waals surface area contributed by atoms with Gasteiger partial charge in [0.1, 0.15) is 11.5 Å². The Labute approximate surface area is 236 Å². The van der Waals surface area contributed by atoms with Crippen LogP contribution in [0.1, 0.15) is 73.1 Å².